The molecule has 0 saturated carbocycles. The zero-order valence-electron chi connectivity index (χ0n) is 15.1. The molecule has 4 rings (SSSR count). The van der Waals surface area contributed by atoms with Gasteiger partial charge < -0.3 is 14.5 Å². The van der Waals surface area contributed by atoms with Crippen molar-refractivity contribution >= 4 is 34.5 Å². The molecule has 0 spiro atoms. The second-order valence-corrected chi connectivity index (χ2v) is 8.02. The van der Waals surface area contributed by atoms with Gasteiger partial charge in [-0.05, 0) is 35.7 Å². The van der Waals surface area contributed by atoms with Gasteiger partial charge in [0.05, 0.1) is 16.1 Å². The first-order valence-electron chi connectivity index (χ1n) is 8.93. The maximum Gasteiger partial charge on any atom is 0.264 e. The number of thiazole rings is 1. The molecule has 1 fully saturated rings. The van der Waals surface area contributed by atoms with Crippen LogP contribution in [0.3, 0.4) is 0 Å². The Morgan fingerprint density at radius 1 is 1.00 bits per heavy atom. The molecular formula is C20H19N3O3S2. The number of benzene rings is 1. The third kappa shape index (κ3) is 4.23. The Kier molecular flexibility index (Phi) is 5.68. The Labute approximate surface area is 171 Å². The van der Waals surface area contributed by atoms with E-state index in [9.17, 15) is 9.59 Å². The fourth-order valence-corrected chi connectivity index (χ4v) is 4.25. The number of nitrogens with zero attached hydrogens (tertiary/aromatic N) is 3. The smallest absolute Gasteiger partial charge is 0.264 e. The minimum atomic E-state index is -0.0192. The minimum Gasteiger partial charge on any atom is -0.487 e. The number of hydrogen-bond acceptors (Lipinski definition) is 6. The highest BCUT2D eigenvalue weighted by atomic mass is 32.1. The summed E-state index contributed by atoms with van der Waals surface area (Å²) < 4.78 is 5.68. The van der Waals surface area contributed by atoms with E-state index >= 15 is 0 Å². The summed E-state index contributed by atoms with van der Waals surface area (Å²) in [5.41, 5.74) is 3.29. The number of carbonyl (C=O) groups excluding carboxylic acids is 2. The number of carbonyl (C=O) groups is 2. The van der Waals surface area contributed by atoms with Crippen LogP contribution in [0.2, 0.25) is 0 Å². The first kappa shape index (κ1) is 18.6. The summed E-state index contributed by atoms with van der Waals surface area (Å²) in [5, 5.41) is 3.85. The normalized spacial score (nSPS) is 14.1. The molecule has 144 valence electrons. The average Bonchev–Trinajstić information content (AvgIpc) is 3.46. The Morgan fingerprint density at radius 3 is 2.32 bits per heavy atom. The molecule has 2 aromatic heterocycles. The van der Waals surface area contributed by atoms with Crippen LogP contribution in [0.25, 0.3) is 0 Å². The number of piperazine rings is 1. The van der Waals surface area contributed by atoms with E-state index in [1.54, 1.807) is 34.7 Å². The molecule has 1 saturated heterocycles. The molecule has 2 amide bonds. The highest BCUT2D eigenvalue weighted by Crippen LogP contribution is 2.18. The number of aromatic nitrogens is 1. The topological polar surface area (TPSA) is 62.7 Å². The number of ether oxygens (including phenoxy) is 1. The quantitative estimate of drug-likeness (QED) is 0.643. The first-order valence-corrected chi connectivity index (χ1v) is 10.7. The van der Waals surface area contributed by atoms with Crippen LogP contribution in [0.4, 0.5) is 0 Å². The predicted molar refractivity (Wildman–Crippen MR) is 109 cm³/mol. The molecule has 0 aliphatic carbocycles. The highest BCUT2D eigenvalue weighted by molar-refractivity contribution is 7.12. The molecule has 0 unspecified atom stereocenters. The van der Waals surface area contributed by atoms with Gasteiger partial charge in [0.15, 0.2) is 0 Å². The molecule has 8 heteroatoms. The summed E-state index contributed by atoms with van der Waals surface area (Å²) in [4.78, 5) is 33.7. The van der Waals surface area contributed by atoms with E-state index in [0.717, 1.165) is 10.6 Å². The fraction of sp³-hybridized carbons (Fsp3) is 0.250. The first-order chi connectivity index (χ1) is 13.7. The molecule has 0 atom stereocenters. The van der Waals surface area contributed by atoms with Gasteiger partial charge >= 0.3 is 0 Å². The van der Waals surface area contributed by atoms with Crippen molar-refractivity contribution < 1.29 is 14.3 Å². The number of thiophene rings is 1. The maximum absolute atomic E-state index is 12.7. The van der Waals surface area contributed by atoms with Crippen molar-refractivity contribution in [3.63, 3.8) is 0 Å². The summed E-state index contributed by atoms with van der Waals surface area (Å²) in [6.45, 7) is 2.60. The summed E-state index contributed by atoms with van der Waals surface area (Å²) in [7, 11) is 0. The highest BCUT2D eigenvalue weighted by Gasteiger charge is 2.25. The van der Waals surface area contributed by atoms with Crippen LogP contribution in [0.1, 0.15) is 25.7 Å². The molecule has 3 aromatic rings. The van der Waals surface area contributed by atoms with Gasteiger partial charge in [0, 0.05) is 37.1 Å². The van der Waals surface area contributed by atoms with E-state index in [1.165, 1.54) is 22.7 Å². The lowest BCUT2D eigenvalue weighted by atomic mass is 10.1. The van der Waals surface area contributed by atoms with Crippen LogP contribution >= 0.6 is 22.7 Å². The standard InChI is InChI=1S/C20H19N3O3S2/c24-19(15-3-5-17(6-4-15)26-12-16-13-27-14-21-16)22-7-9-23(10-8-22)20(25)18-2-1-11-28-18/h1-6,11,13-14H,7-10,12H2. The van der Waals surface area contributed by atoms with Crippen molar-refractivity contribution in [1.29, 1.82) is 0 Å². The van der Waals surface area contributed by atoms with Gasteiger partial charge in [-0.2, -0.15) is 0 Å². The van der Waals surface area contributed by atoms with Crippen LogP contribution in [-0.2, 0) is 6.61 Å². The van der Waals surface area contributed by atoms with E-state index in [1.807, 2.05) is 27.8 Å². The minimum absolute atomic E-state index is 0.0192. The second-order valence-electron chi connectivity index (χ2n) is 6.35. The van der Waals surface area contributed by atoms with Gasteiger partial charge in [-0.25, -0.2) is 4.98 Å². The Hall–Kier alpha value is -2.71. The van der Waals surface area contributed by atoms with Crippen molar-refractivity contribution in [2.24, 2.45) is 0 Å². The van der Waals surface area contributed by atoms with Crippen molar-refractivity contribution in [2.75, 3.05) is 26.2 Å². The SMILES string of the molecule is O=C(c1ccc(OCc2cscn2)cc1)N1CCN(C(=O)c2cccs2)CC1. The number of rotatable bonds is 5. The molecule has 0 N–H and O–H groups in total. The largest absolute Gasteiger partial charge is 0.487 e. The zero-order valence-corrected chi connectivity index (χ0v) is 16.7. The molecule has 28 heavy (non-hydrogen) atoms. The van der Waals surface area contributed by atoms with E-state index in [4.69, 9.17) is 4.74 Å². The second kappa shape index (κ2) is 8.53. The van der Waals surface area contributed by atoms with Gasteiger partial charge in [-0.3, -0.25) is 9.59 Å². The lowest BCUT2D eigenvalue weighted by Gasteiger charge is -2.34. The molecule has 1 aliphatic rings. The van der Waals surface area contributed by atoms with Crippen LogP contribution < -0.4 is 4.74 Å². The number of hydrogen-bond donors (Lipinski definition) is 0. The fourth-order valence-electron chi connectivity index (χ4n) is 3.01. The Bertz CT molecular complexity index is 916. The van der Waals surface area contributed by atoms with Gasteiger partial charge in [-0.15, -0.1) is 22.7 Å². The third-order valence-corrected chi connectivity index (χ3v) is 6.05. The Morgan fingerprint density at radius 2 is 1.71 bits per heavy atom. The predicted octanol–water partition coefficient (Wildman–Crippen LogP) is 3.38. The summed E-state index contributed by atoms with van der Waals surface area (Å²) in [6.07, 6.45) is 0. The molecular weight excluding hydrogens is 394 g/mol. The number of amides is 2. The monoisotopic (exact) mass is 413 g/mol. The van der Waals surface area contributed by atoms with E-state index in [0.29, 0.717) is 44.1 Å². The zero-order chi connectivity index (χ0) is 19.3. The third-order valence-electron chi connectivity index (χ3n) is 4.56. The summed E-state index contributed by atoms with van der Waals surface area (Å²) in [5.74, 6) is 0.730. The molecule has 0 bridgehead atoms. The molecule has 1 aliphatic heterocycles. The van der Waals surface area contributed by atoms with Crippen LogP contribution in [-0.4, -0.2) is 52.8 Å². The van der Waals surface area contributed by atoms with Gasteiger partial charge in [0.1, 0.15) is 12.4 Å². The molecule has 6 nitrogen and oxygen atoms in total. The van der Waals surface area contributed by atoms with Crippen LogP contribution in [0.5, 0.6) is 5.75 Å². The average molecular weight is 414 g/mol. The van der Waals surface area contributed by atoms with E-state index in [-0.39, 0.29) is 11.8 Å². The van der Waals surface area contributed by atoms with Crippen LogP contribution in [0, 0.1) is 0 Å². The summed E-state index contributed by atoms with van der Waals surface area (Å²) >= 11 is 2.98. The van der Waals surface area contributed by atoms with Gasteiger partial charge in [0.2, 0.25) is 0 Å². The van der Waals surface area contributed by atoms with Crippen molar-refractivity contribution in [3.05, 3.63) is 68.8 Å². The maximum atomic E-state index is 12.7. The molecule has 3 heterocycles. The summed E-state index contributed by atoms with van der Waals surface area (Å²) in [6, 6.07) is 10.9. The van der Waals surface area contributed by atoms with Crippen molar-refractivity contribution in [2.45, 2.75) is 6.61 Å². The van der Waals surface area contributed by atoms with Gasteiger partial charge in [0.25, 0.3) is 11.8 Å². The van der Waals surface area contributed by atoms with E-state index in [2.05, 4.69) is 4.98 Å². The van der Waals surface area contributed by atoms with Crippen molar-refractivity contribution in [3.8, 4) is 5.75 Å². The van der Waals surface area contributed by atoms with Crippen molar-refractivity contribution in [1.82, 2.24) is 14.8 Å². The van der Waals surface area contributed by atoms with Gasteiger partial charge in [-0.1, -0.05) is 6.07 Å². The lowest BCUT2D eigenvalue weighted by molar-refractivity contribution is 0.0538. The lowest BCUT2D eigenvalue weighted by Crippen LogP contribution is -2.50. The Balaban J connectivity index is 1.30. The van der Waals surface area contributed by atoms with E-state index < -0.39 is 0 Å². The van der Waals surface area contributed by atoms with Crippen LogP contribution in [0.15, 0.2) is 52.7 Å². The molecule has 0 radical (unpaired) electrons. The molecule has 1 aromatic carbocycles.